The minimum atomic E-state index is -0.787. The van der Waals surface area contributed by atoms with Gasteiger partial charge in [-0.15, -0.1) is 0 Å². The lowest BCUT2D eigenvalue weighted by atomic mass is 9.78. The van der Waals surface area contributed by atoms with Gasteiger partial charge in [-0.2, -0.15) is 0 Å². The normalized spacial score (nSPS) is 25.6. The van der Waals surface area contributed by atoms with Crippen molar-refractivity contribution < 1.29 is 10.0 Å². The van der Waals surface area contributed by atoms with Crippen molar-refractivity contribution in [3.63, 3.8) is 0 Å². The average molecular weight is 293 g/mol. The van der Waals surface area contributed by atoms with Crippen LogP contribution in [0.2, 0.25) is 0 Å². The van der Waals surface area contributed by atoms with E-state index >= 15 is 0 Å². The Bertz CT molecular complexity index is 511. The summed E-state index contributed by atoms with van der Waals surface area (Å²) in [5.74, 6) is 0.933. The van der Waals surface area contributed by atoms with E-state index in [0.29, 0.717) is 18.2 Å². The Labute approximate surface area is 124 Å². The summed E-state index contributed by atoms with van der Waals surface area (Å²) < 4.78 is 0. The van der Waals surface area contributed by atoms with Crippen LogP contribution in [0.5, 0.6) is 0 Å². The van der Waals surface area contributed by atoms with Gasteiger partial charge >= 0.3 is 5.69 Å². The summed E-state index contributed by atoms with van der Waals surface area (Å²) >= 11 is 0. The Morgan fingerprint density at radius 1 is 1.48 bits per heavy atom. The first-order valence-corrected chi connectivity index (χ1v) is 7.52. The summed E-state index contributed by atoms with van der Waals surface area (Å²) in [6, 6.07) is 3.06. The van der Waals surface area contributed by atoms with Gasteiger partial charge in [0.05, 0.1) is 10.5 Å². The largest absolute Gasteiger partial charge is 0.388 e. The Kier molecular flexibility index (Phi) is 4.77. The minimum Gasteiger partial charge on any atom is -0.388 e. The highest BCUT2D eigenvalue weighted by atomic mass is 16.6. The van der Waals surface area contributed by atoms with Crippen LogP contribution in [-0.2, 0) is 0 Å². The van der Waals surface area contributed by atoms with Crippen LogP contribution >= 0.6 is 0 Å². The summed E-state index contributed by atoms with van der Waals surface area (Å²) in [5.41, 5.74) is -0.124. The Morgan fingerprint density at radius 2 is 2.14 bits per heavy atom. The molecule has 2 N–H and O–H groups in total. The molecule has 1 saturated carbocycles. The molecular weight excluding hydrogens is 270 g/mol. The number of aromatic nitrogens is 1. The van der Waals surface area contributed by atoms with Crippen LogP contribution in [0.3, 0.4) is 0 Å². The smallest absolute Gasteiger partial charge is 0.311 e. The van der Waals surface area contributed by atoms with Crippen LogP contribution in [0.25, 0.3) is 0 Å². The van der Waals surface area contributed by atoms with E-state index in [9.17, 15) is 15.2 Å². The Balaban J connectivity index is 2.03. The van der Waals surface area contributed by atoms with Gasteiger partial charge in [0, 0.05) is 18.3 Å². The molecule has 0 aliphatic heterocycles. The Morgan fingerprint density at radius 3 is 2.71 bits per heavy atom. The number of pyridine rings is 1. The van der Waals surface area contributed by atoms with Crippen molar-refractivity contribution in [2.24, 2.45) is 5.92 Å². The molecule has 1 aliphatic rings. The lowest BCUT2D eigenvalue weighted by molar-refractivity contribution is -0.384. The van der Waals surface area contributed by atoms with E-state index in [1.54, 1.807) is 13.0 Å². The molecule has 0 spiro atoms. The first-order valence-electron chi connectivity index (χ1n) is 7.52. The molecule has 0 amide bonds. The summed E-state index contributed by atoms with van der Waals surface area (Å²) in [6.45, 7) is 4.27. The number of hydrogen-bond acceptors (Lipinski definition) is 5. The summed E-state index contributed by atoms with van der Waals surface area (Å²) in [7, 11) is 0. The molecule has 6 nitrogen and oxygen atoms in total. The zero-order chi connectivity index (χ0) is 15.5. The monoisotopic (exact) mass is 293 g/mol. The summed E-state index contributed by atoms with van der Waals surface area (Å²) in [6.07, 6.45) is 4.64. The number of nitrogens with one attached hydrogen (secondary N) is 1. The van der Waals surface area contributed by atoms with Gasteiger partial charge in [-0.1, -0.05) is 13.3 Å². The first-order chi connectivity index (χ1) is 9.93. The summed E-state index contributed by atoms with van der Waals surface area (Å²) in [5, 5.41) is 24.6. The molecule has 0 atom stereocenters. The molecule has 0 saturated heterocycles. The quantitative estimate of drug-likeness (QED) is 0.643. The lowest BCUT2D eigenvalue weighted by Gasteiger charge is -2.35. The molecule has 1 fully saturated rings. The van der Waals surface area contributed by atoms with Crippen molar-refractivity contribution in [2.45, 2.75) is 51.6 Å². The molecule has 0 bridgehead atoms. The fraction of sp³-hybridized carbons (Fsp3) is 0.667. The minimum absolute atomic E-state index is 0.0496. The van der Waals surface area contributed by atoms with E-state index in [2.05, 4.69) is 17.2 Å². The van der Waals surface area contributed by atoms with Gasteiger partial charge in [0.2, 0.25) is 5.82 Å². The number of aryl methyl sites for hydroxylation is 1. The van der Waals surface area contributed by atoms with E-state index in [1.807, 2.05) is 0 Å². The average Bonchev–Trinajstić information content (AvgIpc) is 2.46. The van der Waals surface area contributed by atoms with Gasteiger partial charge < -0.3 is 10.4 Å². The van der Waals surface area contributed by atoms with Gasteiger partial charge in [-0.3, -0.25) is 10.1 Å². The SMILES string of the molecule is CCC1CCC(O)(CNc2nc(C)ccc2[N+](=O)[O-])CC1. The number of aliphatic hydroxyl groups is 1. The number of rotatable bonds is 5. The fourth-order valence-electron chi connectivity index (χ4n) is 2.87. The number of nitrogens with zero attached hydrogens (tertiary/aromatic N) is 2. The van der Waals surface area contributed by atoms with Crippen molar-refractivity contribution >= 4 is 11.5 Å². The highest BCUT2D eigenvalue weighted by Gasteiger charge is 2.33. The Hall–Kier alpha value is -1.69. The molecule has 6 heteroatoms. The van der Waals surface area contributed by atoms with E-state index in [1.165, 1.54) is 6.07 Å². The third-order valence-corrected chi connectivity index (χ3v) is 4.41. The van der Waals surface area contributed by atoms with E-state index in [-0.39, 0.29) is 11.5 Å². The molecule has 21 heavy (non-hydrogen) atoms. The van der Waals surface area contributed by atoms with Crippen molar-refractivity contribution in [1.29, 1.82) is 0 Å². The van der Waals surface area contributed by atoms with Crippen LogP contribution in [0.15, 0.2) is 12.1 Å². The fourth-order valence-corrected chi connectivity index (χ4v) is 2.87. The molecule has 2 rings (SSSR count). The molecular formula is C15H23N3O3. The standard InChI is InChI=1S/C15H23N3O3/c1-3-12-6-8-15(19,9-7-12)10-16-14-13(18(20)21)5-4-11(2)17-14/h4-5,12,19H,3,6-10H2,1-2H3,(H,16,17). The maximum atomic E-state index is 11.0. The molecule has 0 unspecified atom stereocenters. The van der Waals surface area contributed by atoms with Crippen molar-refractivity contribution in [1.82, 2.24) is 4.98 Å². The lowest BCUT2D eigenvalue weighted by Crippen LogP contribution is -2.40. The molecule has 0 aromatic carbocycles. The maximum Gasteiger partial charge on any atom is 0.311 e. The zero-order valence-electron chi connectivity index (χ0n) is 12.6. The highest BCUT2D eigenvalue weighted by molar-refractivity contribution is 5.56. The number of nitro groups is 1. The maximum absolute atomic E-state index is 11.0. The zero-order valence-corrected chi connectivity index (χ0v) is 12.6. The highest BCUT2D eigenvalue weighted by Crippen LogP contribution is 2.34. The third kappa shape index (κ3) is 3.91. The second kappa shape index (κ2) is 6.39. The third-order valence-electron chi connectivity index (χ3n) is 4.41. The number of anilines is 1. The molecule has 1 heterocycles. The van der Waals surface area contributed by atoms with Gasteiger partial charge in [0.25, 0.3) is 0 Å². The van der Waals surface area contributed by atoms with E-state index < -0.39 is 10.5 Å². The molecule has 1 aromatic rings. The van der Waals surface area contributed by atoms with Crippen LogP contribution in [-0.4, -0.2) is 27.2 Å². The summed E-state index contributed by atoms with van der Waals surface area (Å²) in [4.78, 5) is 14.7. The van der Waals surface area contributed by atoms with Gasteiger partial charge in [0.1, 0.15) is 0 Å². The van der Waals surface area contributed by atoms with Crippen LogP contribution in [0.4, 0.5) is 11.5 Å². The van der Waals surface area contributed by atoms with Crippen molar-refractivity contribution in [3.8, 4) is 0 Å². The van der Waals surface area contributed by atoms with Crippen LogP contribution in [0, 0.1) is 23.0 Å². The molecule has 1 aromatic heterocycles. The topological polar surface area (TPSA) is 88.3 Å². The van der Waals surface area contributed by atoms with Crippen LogP contribution < -0.4 is 5.32 Å². The second-order valence-corrected chi connectivity index (χ2v) is 6.01. The predicted molar refractivity (Wildman–Crippen MR) is 81.3 cm³/mol. The number of hydrogen-bond donors (Lipinski definition) is 2. The molecule has 116 valence electrons. The second-order valence-electron chi connectivity index (χ2n) is 6.01. The van der Waals surface area contributed by atoms with Gasteiger partial charge in [-0.25, -0.2) is 4.98 Å². The van der Waals surface area contributed by atoms with E-state index in [4.69, 9.17) is 0 Å². The molecule has 0 radical (unpaired) electrons. The van der Waals surface area contributed by atoms with E-state index in [0.717, 1.165) is 32.1 Å². The predicted octanol–water partition coefficient (Wildman–Crippen LogP) is 3.04. The molecule has 1 aliphatic carbocycles. The van der Waals surface area contributed by atoms with Gasteiger partial charge in [0.15, 0.2) is 0 Å². The van der Waals surface area contributed by atoms with Crippen molar-refractivity contribution in [3.05, 3.63) is 27.9 Å². The van der Waals surface area contributed by atoms with Gasteiger partial charge in [-0.05, 0) is 44.6 Å². The first kappa shape index (κ1) is 15.7. The van der Waals surface area contributed by atoms with Crippen LogP contribution in [0.1, 0.15) is 44.7 Å². The van der Waals surface area contributed by atoms with Crippen molar-refractivity contribution in [2.75, 3.05) is 11.9 Å².